The number of nitrogens with one attached hydrogen (secondary N) is 1. The summed E-state index contributed by atoms with van der Waals surface area (Å²) >= 11 is 0. The van der Waals surface area contributed by atoms with Gasteiger partial charge in [-0.25, -0.2) is 9.48 Å². The van der Waals surface area contributed by atoms with Gasteiger partial charge in [0.25, 0.3) is 0 Å². The average molecular weight is 317 g/mol. The fourth-order valence-corrected chi connectivity index (χ4v) is 2.91. The average Bonchev–Trinajstić information content (AvgIpc) is 2.83. The maximum atomic E-state index is 12.4. The number of carbonyl (C=O) groups excluding carboxylic acids is 2. The van der Waals surface area contributed by atoms with Gasteiger partial charge >= 0.3 is 5.69 Å². The molecule has 1 atom stereocenters. The molecular formula is C15H19N5O3. The summed E-state index contributed by atoms with van der Waals surface area (Å²) in [6.45, 7) is 2.49. The van der Waals surface area contributed by atoms with Crippen LogP contribution in [0.4, 0.5) is 0 Å². The molecule has 1 fully saturated rings. The summed E-state index contributed by atoms with van der Waals surface area (Å²) in [6, 6.07) is 5.22. The van der Waals surface area contributed by atoms with Crippen molar-refractivity contribution in [1.29, 1.82) is 0 Å². The summed E-state index contributed by atoms with van der Waals surface area (Å²) in [5, 5.41) is 7.01. The Morgan fingerprint density at radius 3 is 2.96 bits per heavy atom. The molecule has 3 heterocycles. The van der Waals surface area contributed by atoms with Crippen LogP contribution in [0.1, 0.15) is 19.8 Å². The molecule has 3 rings (SSSR count). The first kappa shape index (κ1) is 15.3. The molecule has 122 valence electrons. The summed E-state index contributed by atoms with van der Waals surface area (Å²) in [6.07, 6.45) is 3.31. The van der Waals surface area contributed by atoms with Crippen molar-refractivity contribution in [1.82, 2.24) is 24.4 Å². The standard InChI is InChI=1S/C15H19N5O3/c1-11(21)16-12-5-4-7-18(9-12)14(22)10-20-15(23)19-8-3-2-6-13(19)17-20/h2-3,6,8,12H,4-5,7,9-10H2,1H3,(H,16,21). The largest absolute Gasteiger partial charge is 0.352 e. The van der Waals surface area contributed by atoms with Crippen molar-refractivity contribution in [3.05, 3.63) is 34.9 Å². The van der Waals surface area contributed by atoms with Gasteiger partial charge in [-0.05, 0) is 25.0 Å². The van der Waals surface area contributed by atoms with E-state index in [1.54, 1.807) is 29.3 Å². The molecule has 0 aromatic carbocycles. The van der Waals surface area contributed by atoms with E-state index >= 15 is 0 Å². The van der Waals surface area contributed by atoms with Crippen molar-refractivity contribution in [2.75, 3.05) is 13.1 Å². The van der Waals surface area contributed by atoms with Crippen LogP contribution < -0.4 is 11.0 Å². The molecule has 2 aromatic rings. The normalized spacial score (nSPS) is 18.1. The van der Waals surface area contributed by atoms with Gasteiger partial charge in [-0.1, -0.05) is 6.07 Å². The quantitative estimate of drug-likeness (QED) is 0.836. The van der Waals surface area contributed by atoms with Crippen LogP contribution in [0, 0.1) is 0 Å². The van der Waals surface area contributed by atoms with Gasteiger partial charge in [-0.15, -0.1) is 5.10 Å². The third kappa shape index (κ3) is 3.25. The number of pyridine rings is 1. The Balaban J connectivity index is 1.71. The Bertz CT molecular complexity index is 794. The second-order valence-corrected chi connectivity index (χ2v) is 5.75. The van der Waals surface area contributed by atoms with E-state index in [0.29, 0.717) is 18.7 Å². The molecule has 1 unspecified atom stereocenters. The van der Waals surface area contributed by atoms with Crippen molar-refractivity contribution in [2.45, 2.75) is 32.4 Å². The smallest absolute Gasteiger partial charge is 0.350 e. The number of fused-ring (bicyclic) bond motifs is 1. The van der Waals surface area contributed by atoms with Crippen LogP contribution in [-0.2, 0) is 16.1 Å². The molecule has 8 heteroatoms. The topological polar surface area (TPSA) is 88.7 Å². The van der Waals surface area contributed by atoms with E-state index in [0.717, 1.165) is 12.8 Å². The number of aromatic nitrogens is 3. The van der Waals surface area contributed by atoms with Gasteiger partial charge in [0.2, 0.25) is 11.8 Å². The van der Waals surface area contributed by atoms with Crippen LogP contribution in [0.2, 0.25) is 0 Å². The second-order valence-electron chi connectivity index (χ2n) is 5.75. The van der Waals surface area contributed by atoms with Gasteiger partial charge in [-0.2, -0.15) is 0 Å². The summed E-state index contributed by atoms with van der Waals surface area (Å²) in [7, 11) is 0. The maximum absolute atomic E-state index is 12.4. The lowest BCUT2D eigenvalue weighted by molar-refractivity contribution is -0.134. The first-order chi connectivity index (χ1) is 11.0. The molecule has 1 aliphatic heterocycles. The second kappa shape index (κ2) is 6.23. The highest BCUT2D eigenvalue weighted by Crippen LogP contribution is 2.10. The molecule has 23 heavy (non-hydrogen) atoms. The summed E-state index contributed by atoms with van der Waals surface area (Å²) in [5.74, 6) is -0.258. The van der Waals surface area contributed by atoms with Crippen LogP contribution in [0.25, 0.3) is 5.65 Å². The predicted molar refractivity (Wildman–Crippen MR) is 82.9 cm³/mol. The molecule has 0 saturated carbocycles. The third-order valence-electron chi connectivity index (χ3n) is 3.95. The SMILES string of the molecule is CC(=O)NC1CCCN(C(=O)Cn2nc3ccccn3c2=O)C1. The van der Waals surface area contributed by atoms with Gasteiger partial charge in [0.05, 0.1) is 0 Å². The minimum Gasteiger partial charge on any atom is -0.352 e. The molecule has 0 aliphatic carbocycles. The fraction of sp³-hybridized carbons (Fsp3) is 0.467. The minimum absolute atomic E-state index is 0.0250. The summed E-state index contributed by atoms with van der Waals surface area (Å²) in [5.41, 5.74) is 0.185. The van der Waals surface area contributed by atoms with Gasteiger partial charge in [0, 0.05) is 32.3 Å². The summed E-state index contributed by atoms with van der Waals surface area (Å²) < 4.78 is 2.59. The Morgan fingerprint density at radius 2 is 2.22 bits per heavy atom. The van der Waals surface area contributed by atoms with Gasteiger partial charge < -0.3 is 10.2 Å². The zero-order chi connectivity index (χ0) is 16.4. The van der Waals surface area contributed by atoms with Crippen molar-refractivity contribution >= 4 is 17.5 Å². The number of amides is 2. The highest BCUT2D eigenvalue weighted by molar-refractivity contribution is 5.76. The molecule has 2 amide bonds. The summed E-state index contributed by atoms with van der Waals surface area (Å²) in [4.78, 5) is 37.5. The molecule has 1 saturated heterocycles. The Hall–Kier alpha value is -2.64. The zero-order valence-corrected chi connectivity index (χ0v) is 12.9. The fourth-order valence-electron chi connectivity index (χ4n) is 2.91. The van der Waals surface area contributed by atoms with E-state index in [-0.39, 0.29) is 30.1 Å². The Morgan fingerprint density at radius 1 is 1.39 bits per heavy atom. The van der Waals surface area contributed by atoms with Gasteiger partial charge in [0.15, 0.2) is 5.65 Å². The molecule has 0 bridgehead atoms. The van der Waals surface area contributed by atoms with E-state index < -0.39 is 0 Å². The number of rotatable bonds is 3. The van der Waals surface area contributed by atoms with Crippen molar-refractivity contribution < 1.29 is 9.59 Å². The highest BCUT2D eigenvalue weighted by Gasteiger charge is 2.25. The van der Waals surface area contributed by atoms with Gasteiger partial charge in [-0.3, -0.25) is 14.0 Å². The number of nitrogens with zero attached hydrogens (tertiary/aromatic N) is 4. The lowest BCUT2D eigenvalue weighted by atomic mass is 10.1. The number of carbonyl (C=O) groups is 2. The number of piperidine rings is 1. The van der Waals surface area contributed by atoms with Crippen molar-refractivity contribution in [3.8, 4) is 0 Å². The van der Waals surface area contributed by atoms with Gasteiger partial charge in [0.1, 0.15) is 6.54 Å². The predicted octanol–water partition coefficient (Wildman–Crippen LogP) is -0.377. The minimum atomic E-state index is -0.329. The van der Waals surface area contributed by atoms with Crippen LogP contribution in [0.5, 0.6) is 0 Å². The molecule has 1 aliphatic rings. The van der Waals surface area contributed by atoms with Crippen LogP contribution in [0.3, 0.4) is 0 Å². The van der Waals surface area contributed by atoms with E-state index in [2.05, 4.69) is 10.4 Å². The maximum Gasteiger partial charge on any atom is 0.350 e. The van der Waals surface area contributed by atoms with E-state index in [1.807, 2.05) is 0 Å². The van der Waals surface area contributed by atoms with Crippen LogP contribution >= 0.6 is 0 Å². The van der Waals surface area contributed by atoms with E-state index in [9.17, 15) is 14.4 Å². The zero-order valence-electron chi connectivity index (χ0n) is 12.9. The number of likely N-dealkylation sites (tertiary alicyclic amines) is 1. The Kier molecular flexibility index (Phi) is 4.14. The monoisotopic (exact) mass is 317 g/mol. The lowest BCUT2D eigenvalue weighted by Gasteiger charge is -2.32. The molecule has 0 spiro atoms. The molecule has 2 aromatic heterocycles. The van der Waals surface area contributed by atoms with Crippen molar-refractivity contribution in [2.24, 2.45) is 0 Å². The molecular weight excluding hydrogens is 298 g/mol. The van der Waals surface area contributed by atoms with Crippen molar-refractivity contribution in [3.63, 3.8) is 0 Å². The van der Waals surface area contributed by atoms with E-state index in [1.165, 1.54) is 16.0 Å². The highest BCUT2D eigenvalue weighted by atomic mass is 16.2. The number of hydrogen-bond acceptors (Lipinski definition) is 4. The molecule has 1 N–H and O–H groups in total. The van der Waals surface area contributed by atoms with Crippen LogP contribution in [0.15, 0.2) is 29.2 Å². The van der Waals surface area contributed by atoms with E-state index in [4.69, 9.17) is 0 Å². The third-order valence-corrected chi connectivity index (χ3v) is 3.95. The van der Waals surface area contributed by atoms with Crippen LogP contribution in [-0.4, -0.2) is 50.0 Å². The first-order valence-electron chi connectivity index (χ1n) is 7.63. The molecule has 0 radical (unpaired) electrons. The number of hydrogen-bond donors (Lipinski definition) is 1. The molecule has 8 nitrogen and oxygen atoms in total. The first-order valence-corrected chi connectivity index (χ1v) is 7.63. The Labute approximate surface area is 132 Å². The lowest BCUT2D eigenvalue weighted by Crippen LogP contribution is -2.50.